The third-order valence-corrected chi connectivity index (χ3v) is 5.68. The monoisotopic (exact) mass is 466 g/mol. The van der Waals surface area contributed by atoms with Crippen LogP contribution in [0.15, 0.2) is 30.3 Å². The Balaban J connectivity index is 2.01. The quantitative estimate of drug-likeness (QED) is 0.239. The predicted molar refractivity (Wildman–Crippen MR) is 120 cm³/mol. The van der Waals surface area contributed by atoms with Crippen LogP contribution >= 0.6 is 12.6 Å². The fraction of sp³-hybridized carbons (Fsp3) is 0.524. The van der Waals surface area contributed by atoms with Crippen molar-refractivity contribution >= 4 is 36.3 Å². The normalized spacial score (nSPS) is 19.5. The van der Waals surface area contributed by atoms with Crippen molar-refractivity contribution in [1.82, 2.24) is 15.5 Å². The van der Waals surface area contributed by atoms with Crippen molar-refractivity contribution in [2.24, 2.45) is 5.73 Å². The van der Waals surface area contributed by atoms with Crippen LogP contribution < -0.4 is 16.4 Å². The molecule has 0 bridgehead atoms. The Bertz CT molecular complexity index is 822. The molecular weight excluding hydrogens is 436 g/mol. The summed E-state index contributed by atoms with van der Waals surface area (Å²) in [5.74, 6) is -3.19. The molecule has 3 amide bonds. The molecule has 1 fully saturated rings. The summed E-state index contributed by atoms with van der Waals surface area (Å²) in [5.41, 5.74) is 7.01. The number of carboxylic acid groups (broad SMARTS) is 1. The summed E-state index contributed by atoms with van der Waals surface area (Å²) >= 11 is 4.06. The molecule has 0 saturated carbocycles. The van der Waals surface area contributed by atoms with Gasteiger partial charge in [0.05, 0.1) is 12.1 Å². The minimum atomic E-state index is -1.53. The van der Waals surface area contributed by atoms with Crippen LogP contribution in [0, 0.1) is 0 Å². The molecule has 176 valence electrons. The summed E-state index contributed by atoms with van der Waals surface area (Å²) < 4.78 is 0. The number of amides is 3. The molecule has 1 aromatic rings. The van der Waals surface area contributed by atoms with E-state index in [1.54, 1.807) is 0 Å². The number of aliphatic carboxylic acids is 1. The van der Waals surface area contributed by atoms with E-state index >= 15 is 0 Å². The van der Waals surface area contributed by atoms with Gasteiger partial charge in [0.1, 0.15) is 12.1 Å². The third kappa shape index (κ3) is 6.68. The number of nitrogens with zero attached hydrogens (tertiary/aromatic N) is 1. The van der Waals surface area contributed by atoms with Crippen molar-refractivity contribution < 1.29 is 29.4 Å². The number of aliphatic hydroxyl groups excluding tert-OH is 1. The Morgan fingerprint density at radius 3 is 2.44 bits per heavy atom. The van der Waals surface area contributed by atoms with Crippen LogP contribution in [0.2, 0.25) is 0 Å². The van der Waals surface area contributed by atoms with Crippen LogP contribution in [-0.2, 0) is 25.6 Å². The molecule has 10 nitrogen and oxygen atoms in total. The zero-order valence-corrected chi connectivity index (χ0v) is 18.7. The van der Waals surface area contributed by atoms with Gasteiger partial charge in [-0.15, -0.1) is 0 Å². The van der Waals surface area contributed by atoms with Gasteiger partial charge >= 0.3 is 5.97 Å². The molecule has 6 N–H and O–H groups in total. The van der Waals surface area contributed by atoms with E-state index in [1.165, 1.54) is 11.8 Å². The third-order valence-electron chi connectivity index (χ3n) is 5.32. The standard InChI is InChI=1S/C21H30N4O6S/c1-12(26)17(21(30)31)24-18(27)15(11-32)23-19(28)16-8-5-9-25(16)20(29)14(22)10-13-6-3-2-4-7-13/h2-4,6-7,12,14-17,26,32H,5,8-11,22H2,1H3,(H,23,28)(H,24,27)(H,30,31). The molecule has 0 radical (unpaired) electrons. The SMILES string of the molecule is CC(O)C(NC(=O)C(CS)NC(=O)C1CCCN1C(=O)C(N)Cc1ccccc1)C(=O)O. The second kappa shape index (κ2) is 11.8. The number of nitrogens with one attached hydrogen (secondary N) is 2. The number of hydrogen-bond donors (Lipinski definition) is 6. The largest absolute Gasteiger partial charge is 0.480 e. The highest BCUT2D eigenvalue weighted by Gasteiger charge is 2.38. The fourth-order valence-electron chi connectivity index (χ4n) is 3.58. The number of carbonyl (C=O) groups excluding carboxylic acids is 3. The average Bonchev–Trinajstić information content (AvgIpc) is 3.25. The van der Waals surface area contributed by atoms with Crippen molar-refractivity contribution in [3.8, 4) is 0 Å². The lowest BCUT2D eigenvalue weighted by atomic mass is 10.0. The molecule has 0 aromatic heterocycles. The second-order valence-electron chi connectivity index (χ2n) is 7.79. The maximum atomic E-state index is 12.9. The predicted octanol–water partition coefficient (Wildman–Crippen LogP) is -1.09. The molecule has 5 unspecified atom stereocenters. The molecule has 1 aliphatic heterocycles. The molecular formula is C21H30N4O6S. The van der Waals surface area contributed by atoms with Gasteiger partial charge in [-0.3, -0.25) is 14.4 Å². The van der Waals surface area contributed by atoms with Crippen molar-refractivity contribution in [3.63, 3.8) is 0 Å². The van der Waals surface area contributed by atoms with Gasteiger partial charge in [-0.1, -0.05) is 30.3 Å². The minimum Gasteiger partial charge on any atom is -0.480 e. The molecule has 2 rings (SSSR count). The topological polar surface area (TPSA) is 162 Å². The van der Waals surface area contributed by atoms with Gasteiger partial charge in [-0.2, -0.15) is 12.6 Å². The van der Waals surface area contributed by atoms with Crippen LogP contribution in [0.1, 0.15) is 25.3 Å². The number of carboxylic acids is 1. The average molecular weight is 467 g/mol. The summed E-state index contributed by atoms with van der Waals surface area (Å²) in [5, 5.41) is 23.4. The van der Waals surface area contributed by atoms with E-state index in [0.717, 1.165) is 5.56 Å². The first-order valence-electron chi connectivity index (χ1n) is 10.4. The summed E-state index contributed by atoms with van der Waals surface area (Å²) in [6.07, 6.45) is 0.0362. The van der Waals surface area contributed by atoms with Gasteiger partial charge in [0.15, 0.2) is 6.04 Å². The number of thiol groups is 1. The summed E-state index contributed by atoms with van der Waals surface area (Å²) in [6.45, 7) is 1.61. The van der Waals surface area contributed by atoms with Crippen molar-refractivity contribution in [3.05, 3.63) is 35.9 Å². The lowest BCUT2D eigenvalue weighted by Gasteiger charge is -2.28. The van der Waals surface area contributed by atoms with Crippen molar-refractivity contribution in [1.29, 1.82) is 0 Å². The number of hydrogen-bond acceptors (Lipinski definition) is 7. The fourth-order valence-corrected chi connectivity index (χ4v) is 3.83. The second-order valence-corrected chi connectivity index (χ2v) is 8.16. The Hall–Kier alpha value is -2.63. The first-order chi connectivity index (χ1) is 15.1. The number of nitrogens with two attached hydrogens (primary N) is 1. The summed E-state index contributed by atoms with van der Waals surface area (Å²) in [7, 11) is 0. The van der Waals surface area contributed by atoms with Crippen LogP contribution in [0.4, 0.5) is 0 Å². The number of rotatable bonds is 10. The van der Waals surface area contributed by atoms with E-state index in [4.69, 9.17) is 10.8 Å². The van der Waals surface area contributed by atoms with Gasteiger partial charge in [-0.05, 0) is 31.7 Å². The van der Waals surface area contributed by atoms with E-state index < -0.39 is 48.1 Å². The zero-order chi connectivity index (χ0) is 23.8. The Labute approximate surface area is 191 Å². The van der Waals surface area contributed by atoms with Gasteiger partial charge < -0.3 is 31.5 Å². The van der Waals surface area contributed by atoms with E-state index in [0.29, 0.717) is 25.8 Å². The Morgan fingerprint density at radius 2 is 1.88 bits per heavy atom. The molecule has 0 spiro atoms. The number of carbonyl (C=O) groups is 4. The molecule has 1 heterocycles. The minimum absolute atomic E-state index is 0.0993. The van der Waals surface area contributed by atoms with Gasteiger partial charge in [0.25, 0.3) is 0 Å². The van der Waals surface area contributed by atoms with Gasteiger partial charge in [-0.25, -0.2) is 4.79 Å². The summed E-state index contributed by atoms with van der Waals surface area (Å²) in [4.78, 5) is 50.8. The lowest BCUT2D eigenvalue weighted by Crippen LogP contribution is -2.58. The zero-order valence-electron chi connectivity index (χ0n) is 17.8. The number of aliphatic hydroxyl groups is 1. The maximum Gasteiger partial charge on any atom is 0.328 e. The van der Waals surface area contributed by atoms with Crippen LogP contribution in [0.3, 0.4) is 0 Å². The lowest BCUT2D eigenvalue weighted by molar-refractivity contribution is -0.145. The number of likely N-dealkylation sites (tertiary alicyclic amines) is 1. The Kier molecular flexibility index (Phi) is 9.48. The molecule has 32 heavy (non-hydrogen) atoms. The van der Waals surface area contributed by atoms with Gasteiger partial charge in [0.2, 0.25) is 17.7 Å². The molecule has 5 atom stereocenters. The molecule has 1 saturated heterocycles. The maximum absolute atomic E-state index is 12.9. The number of benzene rings is 1. The van der Waals surface area contributed by atoms with E-state index in [9.17, 15) is 24.3 Å². The highest BCUT2D eigenvalue weighted by Crippen LogP contribution is 2.19. The van der Waals surface area contributed by atoms with Gasteiger partial charge in [0, 0.05) is 12.3 Å². The summed E-state index contributed by atoms with van der Waals surface area (Å²) in [6, 6.07) is 5.06. The highest BCUT2D eigenvalue weighted by atomic mass is 32.1. The molecule has 1 aromatic carbocycles. The van der Waals surface area contributed by atoms with E-state index in [2.05, 4.69) is 23.3 Å². The smallest absolute Gasteiger partial charge is 0.328 e. The van der Waals surface area contributed by atoms with E-state index in [-0.39, 0.29) is 11.7 Å². The Morgan fingerprint density at radius 1 is 1.22 bits per heavy atom. The first-order valence-corrected chi connectivity index (χ1v) is 11.0. The molecule has 0 aliphatic carbocycles. The van der Waals surface area contributed by atoms with Crippen LogP contribution in [0.25, 0.3) is 0 Å². The first kappa shape index (κ1) is 25.6. The molecule has 1 aliphatic rings. The van der Waals surface area contributed by atoms with Crippen LogP contribution in [-0.4, -0.2) is 81.4 Å². The molecule has 11 heteroatoms. The van der Waals surface area contributed by atoms with Crippen molar-refractivity contribution in [2.75, 3.05) is 12.3 Å². The van der Waals surface area contributed by atoms with Crippen molar-refractivity contribution in [2.45, 2.75) is 56.5 Å². The van der Waals surface area contributed by atoms with Crippen LogP contribution in [0.5, 0.6) is 0 Å². The highest BCUT2D eigenvalue weighted by molar-refractivity contribution is 7.80. The van der Waals surface area contributed by atoms with E-state index in [1.807, 2.05) is 30.3 Å².